The second-order valence-corrected chi connectivity index (χ2v) is 10.9. The van der Waals surface area contributed by atoms with Crippen molar-refractivity contribution < 1.29 is 19.2 Å². The number of likely N-dealkylation sites (tertiary alicyclic amines) is 1. The van der Waals surface area contributed by atoms with Crippen LogP contribution in [0.2, 0.25) is 5.02 Å². The van der Waals surface area contributed by atoms with Gasteiger partial charge >= 0.3 is 0 Å². The minimum atomic E-state index is -0.934. The summed E-state index contributed by atoms with van der Waals surface area (Å²) in [6, 6.07) is 5.52. The van der Waals surface area contributed by atoms with Gasteiger partial charge in [-0.3, -0.25) is 19.2 Å². The molecule has 2 aromatic rings. The fraction of sp³-hybridized carbons (Fsp3) is 0.538. The van der Waals surface area contributed by atoms with Crippen LogP contribution in [0, 0.1) is 11.3 Å². The van der Waals surface area contributed by atoms with Gasteiger partial charge in [-0.1, -0.05) is 30.5 Å². The minimum Gasteiger partial charge on any atom is -0.368 e. The fourth-order valence-corrected chi connectivity index (χ4v) is 6.26. The van der Waals surface area contributed by atoms with E-state index < -0.39 is 18.0 Å². The van der Waals surface area contributed by atoms with E-state index in [9.17, 15) is 19.2 Å². The van der Waals surface area contributed by atoms with Crippen LogP contribution >= 0.6 is 11.6 Å². The molecule has 9 heteroatoms. The van der Waals surface area contributed by atoms with Gasteiger partial charge in [0.25, 0.3) is 5.91 Å². The lowest BCUT2D eigenvalue weighted by Crippen LogP contribution is -2.53. The molecule has 3 atom stereocenters. The number of ketones is 1. The number of rotatable bonds is 6. The van der Waals surface area contributed by atoms with Crippen molar-refractivity contribution in [1.29, 1.82) is 0 Å². The van der Waals surface area contributed by atoms with Crippen molar-refractivity contribution in [1.82, 2.24) is 15.2 Å². The summed E-state index contributed by atoms with van der Waals surface area (Å²) in [5.41, 5.74) is 6.68. The van der Waals surface area contributed by atoms with Gasteiger partial charge in [-0.05, 0) is 62.1 Å². The van der Waals surface area contributed by atoms with E-state index in [1.807, 2.05) is 12.1 Å². The summed E-state index contributed by atoms with van der Waals surface area (Å²) in [5, 5.41) is 4.09. The Labute approximate surface area is 208 Å². The van der Waals surface area contributed by atoms with Gasteiger partial charge in [-0.15, -0.1) is 0 Å². The van der Waals surface area contributed by atoms with Gasteiger partial charge in [-0.25, -0.2) is 0 Å². The van der Waals surface area contributed by atoms with Gasteiger partial charge in [0, 0.05) is 34.8 Å². The molecular formula is C26H31ClN4O4. The van der Waals surface area contributed by atoms with Crippen LogP contribution in [-0.4, -0.2) is 52.0 Å². The van der Waals surface area contributed by atoms with Crippen LogP contribution < -0.4 is 11.1 Å². The third kappa shape index (κ3) is 4.56. The molecule has 8 nitrogen and oxygen atoms in total. The van der Waals surface area contributed by atoms with Gasteiger partial charge in [0.2, 0.25) is 11.8 Å². The fourth-order valence-electron chi connectivity index (χ4n) is 6.03. The average Bonchev–Trinajstić information content (AvgIpc) is 3.43. The van der Waals surface area contributed by atoms with Crippen molar-refractivity contribution in [3.8, 4) is 0 Å². The highest BCUT2D eigenvalue weighted by atomic mass is 35.5. The second kappa shape index (κ2) is 9.30. The lowest BCUT2D eigenvalue weighted by Gasteiger charge is -2.37. The smallest absolute Gasteiger partial charge is 0.271 e. The molecule has 1 aromatic carbocycles. The van der Waals surface area contributed by atoms with Crippen molar-refractivity contribution in [3.05, 3.63) is 35.0 Å². The first-order valence-corrected chi connectivity index (χ1v) is 12.8. The van der Waals surface area contributed by atoms with Crippen molar-refractivity contribution >= 4 is 46.0 Å². The summed E-state index contributed by atoms with van der Waals surface area (Å²) in [6.45, 7) is 0.495. The molecule has 2 aliphatic carbocycles. The van der Waals surface area contributed by atoms with Crippen LogP contribution in [0.15, 0.2) is 24.3 Å². The summed E-state index contributed by atoms with van der Waals surface area (Å²) >= 11 is 6.29. The molecule has 2 saturated carbocycles. The number of nitrogens with one attached hydrogen (secondary N) is 2. The third-order valence-electron chi connectivity index (χ3n) is 8.19. The van der Waals surface area contributed by atoms with Gasteiger partial charge in [0.1, 0.15) is 23.6 Å². The largest absolute Gasteiger partial charge is 0.368 e. The van der Waals surface area contributed by atoms with Crippen molar-refractivity contribution in [2.45, 2.75) is 69.9 Å². The Bertz CT molecular complexity index is 1190. The van der Waals surface area contributed by atoms with Crippen LogP contribution in [0.1, 0.15) is 68.3 Å². The van der Waals surface area contributed by atoms with E-state index in [-0.39, 0.29) is 35.4 Å². The average molecular weight is 499 g/mol. The number of hydrogen-bond acceptors (Lipinski definition) is 4. The SMILES string of the molecule is NC(=O)[C@H](C[C@@H]1CCCCC1=O)NC(=O)C1CC2(CCC2)CN1C(=O)c1cc2c(Cl)cccc2[nH]1. The van der Waals surface area contributed by atoms with Crippen LogP contribution in [0.4, 0.5) is 0 Å². The first kappa shape index (κ1) is 23.9. The second-order valence-electron chi connectivity index (χ2n) is 10.5. The van der Waals surface area contributed by atoms with E-state index in [0.29, 0.717) is 36.5 Å². The highest BCUT2D eigenvalue weighted by molar-refractivity contribution is 6.35. The standard InChI is InChI=1S/C26H31ClN4O4/c27-17-6-3-7-18-16(17)12-20(29-18)25(35)31-14-26(9-4-10-26)13-21(31)24(34)30-19(23(28)33)11-15-5-1-2-8-22(15)32/h3,6-7,12,15,19,21,29H,1-2,4-5,8-11,13-14H2,(H2,28,33)(H,30,34)/t15-,19-,21?/m0/s1. The zero-order valence-corrected chi connectivity index (χ0v) is 20.4. The molecule has 4 N–H and O–H groups in total. The number of primary amides is 1. The number of carbonyl (C=O) groups excluding carboxylic acids is 4. The van der Waals surface area contributed by atoms with Crippen molar-refractivity contribution in [2.24, 2.45) is 17.1 Å². The molecule has 186 valence electrons. The number of H-pyrrole nitrogens is 1. The van der Waals surface area contributed by atoms with Crippen molar-refractivity contribution in [2.75, 3.05) is 6.54 Å². The molecule has 2 heterocycles. The first-order valence-electron chi connectivity index (χ1n) is 12.5. The van der Waals surface area contributed by atoms with E-state index in [1.165, 1.54) is 0 Å². The number of carbonyl (C=O) groups is 4. The number of aromatic nitrogens is 1. The van der Waals surface area contributed by atoms with Gasteiger partial charge < -0.3 is 20.9 Å². The Morgan fingerprint density at radius 2 is 2.03 bits per heavy atom. The van der Waals surface area contributed by atoms with E-state index in [4.69, 9.17) is 17.3 Å². The molecule has 35 heavy (non-hydrogen) atoms. The first-order chi connectivity index (χ1) is 16.8. The number of hydrogen-bond donors (Lipinski definition) is 3. The summed E-state index contributed by atoms with van der Waals surface area (Å²) in [4.78, 5) is 56.3. The summed E-state index contributed by atoms with van der Waals surface area (Å²) < 4.78 is 0. The Balaban J connectivity index is 1.36. The minimum absolute atomic E-state index is 0.0666. The Hall–Kier alpha value is -2.87. The topological polar surface area (TPSA) is 125 Å². The molecule has 3 amide bonds. The molecule has 1 saturated heterocycles. The molecular weight excluding hydrogens is 468 g/mol. The maximum absolute atomic E-state index is 13.6. The zero-order chi connectivity index (χ0) is 24.7. The molecule has 0 bridgehead atoms. The highest BCUT2D eigenvalue weighted by Crippen LogP contribution is 2.50. The number of nitrogens with zero attached hydrogens (tertiary/aromatic N) is 1. The van der Waals surface area contributed by atoms with E-state index in [1.54, 1.807) is 17.0 Å². The third-order valence-corrected chi connectivity index (χ3v) is 8.52. The van der Waals surface area contributed by atoms with Crippen LogP contribution in [0.3, 0.4) is 0 Å². The number of halogens is 1. The number of aromatic amines is 1. The lowest BCUT2D eigenvalue weighted by atomic mass is 9.67. The van der Waals surface area contributed by atoms with E-state index >= 15 is 0 Å². The Morgan fingerprint density at radius 1 is 1.23 bits per heavy atom. The number of amides is 3. The van der Waals surface area contributed by atoms with E-state index in [0.717, 1.165) is 43.0 Å². The van der Waals surface area contributed by atoms with Gasteiger partial charge in [0.05, 0.1) is 0 Å². The Kier molecular flexibility index (Phi) is 6.34. The summed E-state index contributed by atoms with van der Waals surface area (Å²) in [5.74, 6) is -1.45. The summed E-state index contributed by atoms with van der Waals surface area (Å²) in [6.07, 6.45) is 6.78. The maximum Gasteiger partial charge on any atom is 0.271 e. The van der Waals surface area contributed by atoms with Gasteiger partial charge in [0.15, 0.2) is 0 Å². The van der Waals surface area contributed by atoms with Gasteiger partial charge in [-0.2, -0.15) is 0 Å². The zero-order valence-electron chi connectivity index (χ0n) is 19.6. The molecule has 1 aliphatic heterocycles. The predicted octanol–water partition coefficient (Wildman–Crippen LogP) is 3.33. The lowest BCUT2D eigenvalue weighted by molar-refractivity contribution is -0.131. The molecule has 3 fully saturated rings. The quantitative estimate of drug-likeness (QED) is 0.564. The number of nitrogens with two attached hydrogens (primary N) is 1. The summed E-state index contributed by atoms with van der Waals surface area (Å²) in [7, 11) is 0. The number of benzene rings is 1. The normalized spacial score (nSPS) is 24.4. The molecule has 1 spiro atoms. The van der Waals surface area contributed by atoms with Crippen LogP contribution in [0.5, 0.6) is 0 Å². The number of Topliss-reactive ketones (excluding diaryl/α,β-unsaturated/α-hetero) is 1. The molecule has 0 radical (unpaired) electrons. The Morgan fingerprint density at radius 3 is 2.69 bits per heavy atom. The highest BCUT2D eigenvalue weighted by Gasteiger charge is 2.52. The van der Waals surface area contributed by atoms with Crippen molar-refractivity contribution in [3.63, 3.8) is 0 Å². The molecule has 1 aromatic heterocycles. The molecule has 3 aliphatic rings. The van der Waals surface area contributed by atoms with E-state index in [2.05, 4.69) is 10.3 Å². The van der Waals surface area contributed by atoms with Crippen LogP contribution in [0.25, 0.3) is 10.9 Å². The maximum atomic E-state index is 13.6. The van der Waals surface area contributed by atoms with Crippen LogP contribution in [-0.2, 0) is 14.4 Å². The monoisotopic (exact) mass is 498 g/mol. The molecule has 1 unspecified atom stereocenters. The predicted molar refractivity (Wildman–Crippen MR) is 132 cm³/mol. The molecule has 5 rings (SSSR count). The number of fused-ring (bicyclic) bond motifs is 1.